The Balaban J connectivity index is 2.17. The van der Waals surface area contributed by atoms with Crippen LogP contribution < -0.4 is 0 Å². The zero-order valence-corrected chi connectivity index (χ0v) is 13.0. The molecule has 1 aliphatic carbocycles. The van der Waals surface area contributed by atoms with Gasteiger partial charge in [-0.15, -0.1) is 0 Å². The molecule has 1 amide bonds. The first-order chi connectivity index (χ1) is 8.74. The molecule has 0 N–H and O–H groups in total. The van der Waals surface area contributed by atoms with Crippen LogP contribution in [0.3, 0.4) is 0 Å². The van der Waals surface area contributed by atoms with E-state index in [2.05, 4.69) is 34.4 Å². The summed E-state index contributed by atoms with van der Waals surface area (Å²) >= 11 is 2.25. The molecule has 0 aliphatic heterocycles. The number of amides is 1. The van der Waals surface area contributed by atoms with E-state index in [0.717, 1.165) is 15.7 Å². The van der Waals surface area contributed by atoms with Crippen LogP contribution in [-0.2, 0) is 0 Å². The molecule has 1 saturated carbocycles. The van der Waals surface area contributed by atoms with Gasteiger partial charge in [-0.25, -0.2) is 0 Å². The normalized spacial score (nSPS) is 16.6. The number of benzene rings is 1. The molecule has 1 fully saturated rings. The van der Waals surface area contributed by atoms with Crippen molar-refractivity contribution in [2.45, 2.75) is 45.1 Å². The number of hydrogen-bond acceptors (Lipinski definition) is 1. The van der Waals surface area contributed by atoms with E-state index >= 15 is 0 Å². The lowest BCUT2D eigenvalue weighted by Crippen LogP contribution is -2.41. The number of rotatable bonds is 3. The molecule has 0 spiro atoms. The van der Waals surface area contributed by atoms with Crippen molar-refractivity contribution in [3.05, 3.63) is 33.4 Å². The third kappa shape index (κ3) is 3.05. The molecular weight excluding hydrogens is 337 g/mol. The second-order valence-corrected chi connectivity index (χ2v) is 6.03. The molecule has 0 heterocycles. The smallest absolute Gasteiger partial charge is 0.255 e. The highest BCUT2D eigenvalue weighted by atomic mass is 127. The van der Waals surface area contributed by atoms with Crippen LogP contribution in [0.2, 0.25) is 0 Å². The average molecular weight is 357 g/mol. The molecule has 0 unspecified atom stereocenters. The summed E-state index contributed by atoms with van der Waals surface area (Å²) in [5.74, 6) is 0.203. The summed E-state index contributed by atoms with van der Waals surface area (Å²) in [5.41, 5.74) is 0.852. The maximum Gasteiger partial charge on any atom is 0.255 e. The van der Waals surface area contributed by atoms with Crippen LogP contribution in [0, 0.1) is 3.57 Å². The van der Waals surface area contributed by atoms with Crippen molar-refractivity contribution in [3.8, 4) is 0 Å². The molecular formula is C15H20INO. The topological polar surface area (TPSA) is 20.3 Å². The SMILES string of the molecule is CCN(C(=O)c1ccccc1I)C1CCCCC1. The molecule has 0 saturated heterocycles. The Hall–Kier alpha value is -0.580. The predicted octanol–water partition coefficient (Wildman–Crippen LogP) is 4.09. The van der Waals surface area contributed by atoms with E-state index in [9.17, 15) is 4.79 Å². The first-order valence-corrected chi connectivity index (χ1v) is 7.87. The summed E-state index contributed by atoms with van der Waals surface area (Å²) in [7, 11) is 0. The molecule has 0 aromatic heterocycles. The van der Waals surface area contributed by atoms with Crippen molar-refractivity contribution in [1.29, 1.82) is 0 Å². The number of hydrogen-bond donors (Lipinski definition) is 0. The first kappa shape index (κ1) is 13.8. The molecule has 2 rings (SSSR count). The number of nitrogens with zero attached hydrogens (tertiary/aromatic N) is 1. The summed E-state index contributed by atoms with van der Waals surface area (Å²) in [6.45, 7) is 2.90. The van der Waals surface area contributed by atoms with Gasteiger partial charge in [0.2, 0.25) is 0 Å². The van der Waals surface area contributed by atoms with Gasteiger partial charge in [0, 0.05) is 16.2 Å². The van der Waals surface area contributed by atoms with Crippen molar-refractivity contribution in [2.24, 2.45) is 0 Å². The maximum absolute atomic E-state index is 12.6. The van der Waals surface area contributed by atoms with Crippen molar-refractivity contribution < 1.29 is 4.79 Å². The average Bonchev–Trinajstić information content (AvgIpc) is 2.41. The van der Waals surface area contributed by atoms with E-state index in [1.54, 1.807) is 0 Å². The lowest BCUT2D eigenvalue weighted by Gasteiger charge is -2.33. The molecule has 1 aliphatic rings. The largest absolute Gasteiger partial charge is 0.336 e. The van der Waals surface area contributed by atoms with E-state index in [0.29, 0.717) is 6.04 Å². The van der Waals surface area contributed by atoms with Gasteiger partial charge in [-0.1, -0.05) is 31.4 Å². The number of halogens is 1. The highest BCUT2D eigenvalue weighted by Gasteiger charge is 2.25. The fourth-order valence-electron chi connectivity index (χ4n) is 2.75. The summed E-state index contributed by atoms with van der Waals surface area (Å²) in [5, 5.41) is 0. The third-order valence-electron chi connectivity index (χ3n) is 3.72. The first-order valence-electron chi connectivity index (χ1n) is 6.79. The molecule has 3 heteroatoms. The standard InChI is InChI=1S/C15H20INO/c1-2-17(12-8-4-3-5-9-12)15(18)13-10-6-7-11-14(13)16/h6-7,10-12H,2-5,8-9H2,1H3. The number of carbonyl (C=O) groups is 1. The fraction of sp³-hybridized carbons (Fsp3) is 0.533. The minimum atomic E-state index is 0.203. The van der Waals surface area contributed by atoms with Gasteiger partial charge in [0.25, 0.3) is 5.91 Å². The molecule has 2 nitrogen and oxygen atoms in total. The van der Waals surface area contributed by atoms with Crippen LogP contribution in [0.15, 0.2) is 24.3 Å². The molecule has 0 bridgehead atoms. The maximum atomic E-state index is 12.6. The molecule has 1 aromatic carbocycles. The van der Waals surface area contributed by atoms with Crippen LogP contribution in [-0.4, -0.2) is 23.4 Å². The zero-order valence-electron chi connectivity index (χ0n) is 10.9. The fourth-order valence-corrected chi connectivity index (χ4v) is 3.37. The molecule has 98 valence electrons. The van der Waals surface area contributed by atoms with Crippen LogP contribution in [0.4, 0.5) is 0 Å². The monoisotopic (exact) mass is 357 g/mol. The van der Waals surface area contributed by atoms with Gasteiger partial charge < -0.3 is 4.90 Å². The summed E-state index contributed by atoms with van der Waals surface area (Å²) < 4.78 is 1.05. The summed E-state index contributed by atoms with van der Waals surface area (Å²) in [6.07, 6.45) is 6.19. The van der Waals surface area contributed by atoms with Crippen LogP contribution in [0.1, 0.15) is 49.4 Å². The van der Waals surface area contributed by atoms with Crippen LogP contribution >= 0.6 is 22.6 Å². The van der Waals surface area contributed by atoms with E-state index in [-0.39, 0.29) is 5.91 Å². The van der Waals surface area contributed by atoms with Gasteiger partial charge >= 0.3 is 0 Å². The molecule has 1 aromatic rings. The Morgan fingerprint density at radius 3 is 2.56 bits per heavy atom. The van der Waals surface area contributed by atoms with Gasteiger partial charge in [-0.2, -0.15) is 0 Å². The predicted molar refractivity (Wildman–Crippen MR) is 82.7 cm³/mol. The van der Waals surface area contributed by atoms with Gasteiger partial charge in [0.1, 0.15) is 0 Å². The molecule has 0 atom stereocenters. The van der Waals surface area contributed by atoms with Crippen LogP contribution in [0.25, 0.3) is 0 Å². The van der Waals surface area contributed by atoms with Crippen molar-refractivity contribution in [1.82, 2.24) is 4.90 Å². The Morgan fingerprint density at radius 2 is 1.94 bits per heavy atom. The van der Waals surface area contributed by atoms with E-state index in [1.165, 1.54) is 32.1 Å². The van der Waals surface area contributed by atoms with Gasteiger partial charge in [0.15, 0.2) is 0 Å². The van der Waals surface area contributed by atoms with Crippen molar-refractivity contribution in [2.75, 3.05) is 6.54 Å². The van der Waals surface area contributed by atoms with Crippen molar-refractivity contribution >= 4 is 28.5 Å². The Bertz CT molecular complexity index is 413. The third-order valence-corrected chi connectivity index (χ3v) is 4.66. The van der Waals surface area contributed by atoms with Crippen molar-refractivity contribution in [3.63, 3.8) is 0 Å². The van der Waals surface area contributed by atoms with Gasteiger partial charge in [-0.05, 0) is 54.5 Å². The minimum absolute atomic E-state index is 0.203. The Morgan fingerprint density at radius 1 is 1.28 bits per heavy atom. The van der Waals surface area contributed by atoms with Gasteiger partial charge in [0.05, 0.1) is 5.56 Å². The second kappa shape index (κ2) is 6.55. The van der Waals surface area contributed by atoms with Crippen LogP contribution in [0.5, 0.6) is 0 Å². The molecule has 0 radical (unpaired) electrons. The van der Waals surface area contributed by atoms with E-state index in [4.69, 9.17) is 0 Å². The van der Waals surface area contributed by atoms with Gasteiger partial charge in [-0.3, -0.25) is 4.79 Å². The second-order valence-electron chi connectivity index (χ2n) is 4.86. The Kier molecular flexibility index (Phi) is 5.03. The Labute approximate surface area is 123 Å². The molecule has 18 heavy (non-hydrogen) atoms. The summed E-state index contributed by atoms with van der Waals surface area (Å²) in [4.78, 5) is 14.7. The minimum Gasteiger partial charge on any atom is -0.336 e. The van der Waals surface area contributed by atoms with E-state index in [1.807, 2.05) is 24.3 Å². The zero-order chi connectivity index (χ0) is 13.0. The summed E-state index contributed by atoms with van der Waals surface area (Å²) in [6, 6.07) is 8.32. The van der Waals surface area contributed by atoms with E-state index < -0.39 is 0 Å². The highest BCUT2D eigenvalue weighted by molar-refractivity contribution is 14.1. The lowest BCUT2D eigenvalue weighted by atomic mass is 9.93. The quantitative estimate of drug-likeness (QED) is 0.747. The number of carbonyl (C=O) groups excluding carboxylic acids is 1. The highest BCUT2D eigenvalue weighted by Crippen LogP contribution is 2.24. The lowest BCUT2D eigenvalue weighted by molar-refractivity contribution is 0.0647.